The third-order valence-corrected chi connectivity index (χ3v) is 8.64. The summed E-state index contributed by atoms with van der Waals surface area (Å²) in [5.41, 5.74) is 4.97. The van der Waals surface area contributed by atoms with Gasteiger partial charge in [0.2, 0.25) is 0 Å². The smallest absolute Gasteiger partial charge is 0.131 e. The van der Waals surface area contributed by atoms with Crippen LogP contribution in [0.5, 0.6) is 5.75 Å². The van der Waals surface area contributed by atoms with Crippen LogP contribution in [0.1, 0.15) is 44.4 Å². The highest BCUT2D eigenvalue weighted by molar-refractivity contribution is 9.08. The van der Waals surface area contributed by atoms with Crippen molar-refractivity contribution in [2.24, 2.45) is 0 Å². The van der Waals surface area contributed by atoms with E-state index in [0.29, 0.717) is 4.48 Å². The lowest BCUT2D eigenvalue weighted by Gasteiger charge is -2.49. The van der Waals surface area contributed by atoms with E-state index >= 15 is 0 Å². The van der Waals surface area contributed by atoms with Gasteiger partial charge in [-0.3, -0.25) is 4.98 Å². The highest BCUT2D eigenvalue weighted by Crippen LogP contribution is 2.39. The number of para-hydroxylation sites is 2. The van der Waals surface area contributed by atoms with Crippen molar-refractivity contribution < 1.29 is 14.3 Å². The van der Waals surface area contributed by atoms with E-state index in [1.807, 2.05) is 48.3 Å². The van der Waals surface area contributed by atoms with E-state index in [2.05, 4.69) is 84.7 Å². The van der Waals surface area contributed by atoms with E-state index in [0.717, 1.165) is 63.5 Å². The van der Waals surface area contributed by atoms with E-state index < -0.39 is 6.10 Å². The molecule has 2 aromatic heterocycles. The molecule has 1 N–H and O–H groups in total. The van der Waals surface area contributed by atoms with Crippen molar-refractivity contribution in [2.45, 2.75) is 51.9 Å². The maximum absolute atomic E-state index is 12.2. The largest absolute Gasteiger partial charge is 0.497 e. The van der Waals surface area contributed by atoms with Gasteiger partial charge in [0.1, 0.15) is 30.5 Å². The second-order valence-electron chi connectivity index (χ2n) is 10.4. The van der Waals surface area contributed by atoms with Gasteiger partial charge in [-0.1, -0.05) is 65.8 Å². The lowest BCUT2D eigenvalue weighted by molar-refractivity contribution is -0.980. The van der Waals surface area contributed by atoms with Gasteiger partial charge < -0.3 is 14.3 Å². The Labute approximate surface area is 252 Å². The third kappa shape index (κ3) is 5.74. The summed E-state index contributed by atoms with van der Waals surface area (Å²) in [5.74, 6) is 2.56. The summed E-state index contributed by atoms with van der Waals surface area (Å²) in [7, 11) is 1.66. The maximum atomic E-state index is 12.2. The molecule has 0 saturated heterocycles. The van der Waals surface area contributed by atoms with E-state index in [4.69, 9.17) is 9.72 Å². The molecule has 4 atom stereocenters. The van der Waals surface area contributed by atoms with Gasteiger partial charge in [-0.25, -0.2) is 4.98 Å². The summed E-state index contributed by atoms with van der Waals surface area (Å²) in [5, 5.41) is 15.5. The highest BCUT2D eigenvalue weighted by atomic mass is 79.9. The average molecular weight is 616 g/mol. The number of hydrogen-bond acceptors (Lipinski definition) is 4. The number of aliphatic hydroxyl groups is 1. The van der Waals surface area contributed by atoms with Crippen LogP contribution >= 0.6 is 15.9 Å². The minimum Gasteiger partial charge on any atom is -0.497 e. The molecule has 0 saturated carbocycles. The van der Waals surface area contributed by atoms with Gasteiger partial charge >= 0.3 is 0 Å². The van der Waals surface area contributed by atoms with Crippen molar-refractivity contribution in [1.29, 1.82) is 0 Å². The Kier molecular flexibility index (Phi) is 10.1. The van der Waals surface area contributed by atoms with Crippen molar-refractivity contribution in [3.63, 3.8) is 0 Å². The Bertz CT molecular complexity index is 1580. The van der Waals surface area contributed by atoms with Crippen molar-refractivity contribution in [2.75, 3.05) is 19.5 Å². The molecular weight excluding hydrogens is 574 g/mol. The zero-order chi connectivity index (χ0) is 29.6. The first-order chi connectivity index (χ1) is 20.0. The van der Waals surface area contributed by atoms with Gasteiger partial charge in [-0.2, -0.15) is 0 Å². The van der Waals surface area contributed by atoms with Crippen LogP contribution in [0.25, 0.3) is 32.7 Å². The number of nitrogens with zero attached hydrogens (tertiary/aromatic N) is 3. The minimum atomic E-state index is -0.714. The SMILES string of the molecule is C=CC(C)[N+](CC)(Cc1c2ccccc2nc2ccccc12)C(CC)C(O)c1ccnc2ccc(OC)cc12.CBr. The summed E-state index contributed by atoms with van der Waals surface area (Å²) >= 11 is 2.94. The van der Waals surface area contributed by atoms with Crippen LogP contribution in [-0.4, -0.2) is 51.1 Å². The van der Waals surface area contributed by atoms with Crippen LogP contribution in [0.2, 0.25) is 0 Å². The van der Waals surface area contributed by atoms with E-state index in [-0.39, 0.29) is 12.1 Å². The topological polar surface area (TPSA) is 55.2 Å². The number of hydrogen-bond donors (Lipinski definition) is 1. The molecule has 0 radical (unpaired) electrons. The van der Waals surface area contributed by atoms with Crippen molar-refractivity contribution >= 4 is 48.6 Å². The minimum absolute atomic E-state index is 0.0921. The zero-order valence-corrected chi connectivity index (χ0v) is 26.3. The second-order valence-corrected chi connectivity index (χ2v) is 10.4. The summed E-state index contributed by atoms with van der Waals surface area (Å²) in [6, 6.07) is 24.6. The molecule has 0 amide bonds. The Morgan fingerprint density at radius 2 is 1.56 bits per heavy atom. The molecular formula is C35H41BrN3O2+. The fourth-order valence-corrected chi connectivity index (χ4v) is 6.41. The van der Waals surface area contributed by atoms with Gasteiger partial charge in [-0.15, -0.1) is 0 Å². The quantitative estimate of drug-likeness (QED) is 0.0742. The molecule has 0 aliphatic rings. The first kappa shape index (κ1) is 30.6. The first-order valence-electron chi connectivity index (χ1n) is 14.2. The molecule has 0 aliphatic heterocycles. The lowest BCUT2D eigenvalue weighted by Crippen LogP contribution is -2.61. The van der Waals surface area contributed by atoms with Gasteiger partial charge in [0.25, 0.3) is 0 Å². The first-order valence-corrected chi connectivity index (χ1v) is 15.8. The third-order valence-electron chi connectivity index (χ3n) is 8.64. The molecule has 4 unspecified atom stereocenters. The number of halogens is 1. The molecule has 41 heavy (non-hydrogen) atoms. The van der Waals surface area contributed by atoms with Crippen LogP contribution < -0.4 is 4.74 Å². The van der Waals surface area contributed by atoms with Crippen LogP contribution in [0.3, 0.4) is 0 Å². The molecule has 2 heterocycles. The summed E-state index contributed by atoms with van der Waals surface area (Å²) < 4.78 is 6.18. The number of rotatable bonds is 10. The fraction of sp³-hybridized carbons (Fsp3) is 0.314. The average Bonchev–Trinajstić information content (AvgIpc) is 3.04. The highest BCUT2D eigenvalue weighted by Gasteiger charge is 2.44. The molecule has 0 bridgehead atoms. The molecule has 0 fully saturated rings. The van der Waals surface area contributed by atoms with E-state index in [1.165, 1.54) is 5.56 Å². The van der Waals surface area contributed by atoms with E-state index in [9.17, 15) is 5.11 Å². The zero-order valence-electron chi connectivity index (χ0n) is 24.7. The van der Waals surface area contributed by atoms with Gasteiger partial charge in [0.15, 0.2) is 0 Å². The molecule has 214 valence electrons. The van der Waals surface area contributed by atoms with Crippen molar-refractivity contribution in [1.82, 2.24) is 9.97 Å². The van der Waals surface area contributed by atoms with Crippen molar-refractivity contribution in [3.05, 3.63) is 103 Å². The molecule has 0 spiro atoms. The van der Waals surface area contributed by atoms with Crippen LogP contribution in [-0.2, 0) is 6.54 Å². The Morgan fingerprint density at radius 3 is 2.12 bits per heavy atom. The Hall–Kier alpha value is -3.32. The lowest BCUT2D eigenvalue weighted by atomic mass is 9.90. The van der Waals surface area contributed by atoms with E-state index in [1.54, 1.807) is 13.3 Å². The number of methoxy groups -OCH3 is 1. The summed E-state index contributed by atoms with van der Waals surface area (Å²) in [6.07, 6.45) is 3.91. The fourth-order valence-electron chi connectivity index (χ4n) is 6.41. The number of pyridine rings is 2. The number of alkyl halides is 1. The number of benzene rings is 3. The number of ether oxygens (including phenoxy) is 1. The predicted molar refractivity (Wildman–Crippen MR) is 176 cm³/mol. The van der Waals surface area contributed by atoms with Gasteiger partial charge in [-0.05, 0) is 74.1 Å². The molecule has 3 aromatic carbocycles. The number of quaternary nitrogens is 1. The van der Waals surface area contributed by atoms with Gasteiger partial charge in [0.05, 0.1) is 30.2 Å². The van der Waals surface area contributed by atoms with Crippen LogP contribution in [0.15, 0.2) is 91.6 Å². The summed E-state index contributed by atoms with van der Waals surface area (Å²) in [6.45, 7) is 12.4. The molecule has 5 rings (SSSR count). The summed E-state index contributed by atoms with van der Waals surface area (Å²) in [4.78, 5) is 9.52. The number of likely N-dealkylation sites (N-methyl/N-ethyl adjacent to an activating group) is 1. The molecule has 5 nitrogen and oxygen atoms in total. The normalized spacial score (nSPS) is 15.0. The van der Waals surface area contributed by atoms with Crippen LogP contribution in [0.4, 0.5) is 0 Å². The standard InChI is InChI=1S/C34H38N3O2.CH3Br/c1-6-23(4)37(8-3,22-29-25-13-9-11-15-31(25)36-32-16-12-10-14-26(29)32)33(7-2)34(38)27-19-20-35-30-18-17-24(39-5)21-28(27)30;1-2/h6,9-21,23,33-34,38H,1,7-8,22H2,2-5H3;1H3/q+1;. The maximum Gasteiger partial charge on any atom is 0.131 e. The van der Waals surface area contributed by atoms with Crippen LogP contribution in [0, 0.1) is 0 Å². The number of aliphatic hydroxyl groups excluding tert-OH is 1. The van der Waals surface area contributed by atoms with Gasteiger partial charge in [0, 0.05) is 27.9 Å². The predicted octanol–water partition coefficient (Wildman–Crippen LogP) is 8.38. The second kappa shape index (κ2) is 13.6. The Morgan fingerprint density at radius 1 is 0.927 bits per heavy atom. The molecule has 5 aromatic rings. The monoisotopic (exact) mass is 614 g/mol. The molecule has 6 heteroatoms. The number of aromatic nitrogens is 2. The van der Waals surface area contributed by atoms with Crippen molar-refractivity contribution in [3.8, 4) is 5.75 Å². The molecule has 0 aliphatic carbocycles. The Balaban J connectivity index is 0.00000189. The number of fused-ring (bicyclic) bond motifs is 3.